The number of carbonyl (C=O) groups is 1. The Morgan fingerprint density at radius 3 is 2.71 bits per heavy atom. The van der Waals surface area contributed by atoms with E-state index in [0.29, 0.717) is 6.29 Å². The van der Waals surface area contributed by atoms with Crippen LogP contribution in [0.5, 0.6) is 0 Å². The molecule has 0 aliphatic heterocycles. The molecule has 7 heteroatoms. The quantitative estimate of drug-likeness (QED) is 0.456. The van der Waals surface area contributed by atoms with Gasteiger partial charge in [0.25, 0.3) is 5.43 Å². The van der Waals surface area contributed by atoms with E-state index < -0.39 is 16.0 Å². The molecule has 14 heavy (non-hydrogen) atoms. The number of nitro groups is 1. The molecule has 0 radical (unpaired) electrons. The summed E-state index contributed by atoms with van der Waals surface area (Å²) in [4.78, 5) is 31.0. The Balaban J connectivity index is 3.35. The molecule has 0 aliphatic rings. The van der Waals surface area contributed by atoms with E-state index in [1.807, 2.05) is 0 Å². The standard InChI is InChI=1S/C7H5BrN2O4/c8-5-3-9(1-2-11)4-6(7(5)12)10(13)14/h2-4H,1H2. The van der Waals surface area contributed by atoms with E-state index in [1.54, 1.807) is 0 Å². The zero-order valence-corrected chi connectivity index (χ0v) is 8.43. The van der Waals surface area contributed by atoms with Gasteiger partial charge in [0, 0.05) is 6.20 Å². The van der Waals surface area contributed by atoms with E-state index in [4.69, 9.17) is 0 Å². The van der Waals surface area contributed by atoms with Crippen molar-refractivity contribution < 1.29 is 9.72 Å². The topological polar surface area (TPSA) is 82.2 Å². The molecule has 0 spiro atoms. The van der Waals surface area contributed by atoms with Crippen molar-refractivity contribution in [1.82, 2.24) is 4.57 Å². The molecule has 0 bridgehead atoms. The number of hydrogen-bond donors (Lipinski definition) is 0. The number of rotatable bonds is 3. The number of aromatic nitrogens is 1. The molecule has 74 valence electrons. The van der Waals surface area contributed by atoms with Crippen molar-refractivity contribution in [3.63, 3.8) is 0 Å². The summed E-state index contributed by atoms with van der Waals surface area (Å²) in [5.74, 6) is 0. The number of aldehydes is 1. The van der Waals surface area contributed by atoms with Gasteiger partial charge >= 0.3 is 5.69 Å². The summed E-state index contributed by atoms with van der Waals surface area (Å²) in [6.45, 7) is -0.0281. The van der Waals surface area contributed by atoms with Gasteiger partial charge in [-0.05, 0) is 15.9 Å². The Morgan fingerprint density at radius 2 is 2.21 bits per heavy atom. The third-order valence-electron chi connectivity index (χ3n) is 1.50. The average molecular weight is 261 g/mol. The molecular formula is C7H5BrN2O4. The maximum atomic E-state index is 11.2. The second-order valence-corrected chi connectivity index (χ2v) is 3.30. The van der Waals surface area contributed by atoms with Crippen molar-refractivity contribution in [2.75, 3.05) is 0 Å². The maximum absolute atomic E-state index is 11.2. The van der Waals surface area contributed by atoms with Crippen LogP contribution < -0.4 is 5.43 Å². The number of pyridine rings is 1. The van der Waals surface area contributed by atoms with Gasteiger partial charge in [0.2, 0.25) is 0 Å². The number of nitrogens with zero attached hydrogens (tertiary/aromatic N) is 2. The molecule has 1 rings (SSSR count). The Morgan fingerprint density at radius 1 is 1.57 bits per heavy atom. The summed E-state index contributed by atoms with van der Waals surface area (Å²) in [7, 11) is 0. The Labute approximate surface area is 86.4 Å². The molecule has 0 N–H and O–H groups in total. The van der Waals surface area contributed by atoms with Crippen molar-refractivity contribution >= 4 is 27.9 Å². The number of carbonyl (C=O) groups excluding carboxylic acids is 1. The predicted molar refractivity (Wildman–Crippen MR) is 51.1 cm³/mol. The second-order valence-electron chi connectivity index (χ2n) is 2.44. The lowest BCUT2D eigenvalue weighted by molar-refractivity contribution is -0.386. The molecule has 0 saturated heterocycles. The lowest BCUT2D eigenvalue weighted by Gasteiger charge is -2.01. The zero-order chi connectivity index (χ0) is 10.7. The molecule has 6 nitrogen and oxygen atoms in total. The molecule has 0 fully saturated rings. The Kier molecular flexibility index (Phi) is 3.13. The minimum Gasteiger partial charge on any atom is -0.340 e. The Bertz CT molecular complexity index is 440. The van der Waals surface area contributed by atoms with Gasteiger partial charge in [0.15, 0.2) is 0 Å². The zero-order valence-electron chi connectivity index (χ0n) is 6.84. The van der Waals surface area contributed by atoms with Crippen LogP contribution in [0.3, 0.4) is 0 Å². The van der Waals surface area contributed by atoms with Crippen molar-refractivity contribution in [3.05, 3.63) is 37.2 Å². The molecular weight excluding hydrogens is 256 g/mol. The lowest BCUT2D eigenvalue weighted by Crippen LogP contribution is -2.13. The van der Waals surface area contributed by atoms with Gasteiger partial charge in [0.1, 0.15) is 6.29 Å². The van der Waals surface area contributed by atoms with Crippen LogP contribution in [-0.4, -0.2) is 15.8 Å². The monoisotopic (exact) mass is 260 g/mol. The first-order chi connectivity index (χ1) is 6.56. The van der Waals surface area contributed by atoms with E-state index >= 15 is 0 Å². The first-order valence-corrected chi connectivity index (χ1v) is 4.33. The van der Waals surface area contributed by atoms with Gasteiger partial charge in [-0.3, -0.25) is 14.9 Å². The fourth-order valence-electron chi connectivity index (χ4n) is 0.901. The van der Waals surface area contributed by atoms with Crippen LogP contribution >= 0.6 is 15.9 Å². The molecule has 1 heterocycles. The van der Waals surface area contributed by atoms with Gasteiger partial charge in [0.05, 0.1) is 22.1 Å². The third-order valence-corrected chi connectivity index (χ3v) is 2.06. The largest absolute Gasteiger partial charge is 0.340 e. The minimum absolute atomic E-state index is 0.0281. The van der Waals surface area contributed by atoms with Gasteiger partial charge in [-0.15, -0.1) is 0 Å². The van der Waals surface area contributed by atoms with Crippen molar-refractivity contribution in [2.45, 2.75) is 6.54 Å². The van der Waals surface area contributed by atoms with Crippen molar-refractivity contribution in [3.8, 4) is 0 Å². The second kappa shape index (κ2) is 4.14. The normalized spacial score (nSPS) is 9.79. The molecule has 0 aliphatic carbocycles. The highest BCUT2D eigenvalue weighted by molar-refractivity contribution is 9.10. The van der Waals surface area contributed by atoms with Gasteiger partial charge < -0.3 is 9.36 Å². The van der Waals surface area contributed by atoms with Gasteiger partial charge in [-0.25, -0.2) is 0 Å². The molecule has 1 aromatic rings. The summed E-state index contributed by atoms with van der Waals surface area (Å²) < 4.78 is 1.32. The van der Waals surface area contributed by atoms with Crippen LogP contribution in [0, 0.1) is 10.1 Å². The first-order valence-electron chi connectivity index (χ1n) is 3.54. The van der Waals surface area contributed by atoms with Crippen LogP contribution in [0.1, 0.15) is 0 Å². The van der Waals surface area contributed by atoms with E-state index in [-0.39, 0.29) is 11.0 Å². The highest BCUT2D eigenvalue weighted by Crippen LogP contribution is 2.10. The van der Waals surface area contributed by atoms with Crippen molar-refractivity contribution in [1.29, 1.82) is 0 Å². The molecule has 0 aromatic carbocycles. The minimum atomic E-state index is -0.783. The van der Waals surface area contributed by atoms with Gasteiger partial charge in [-0.2, -0.15) is 0 Å². The summed E-state index contributed by atoms with van der Waals surface area (Å²) in [5, 5.41) is 10.4. The molecule has 0 amide bonds. The van der Waals surface area contributed by atoms with Crippen LogP contribution in [0.4, 0.5) is 5.69 Å². The summed E-state index contributed by atoms with van der Waals surface area (Å²) in [5.41, 5.74) is -1.25. The lowest BCUT2D eigenvalue weighted by atomic mass is 10.4. The SMILES string of the molecule is O=CCn1cc(Br)c(=O)c([N+](=O)[O-])c1. The summed E-state index contributed by atoms with van der Waals surface area (Å²) in [6.07, 6.45) is 2.94. The van der Waals surface area contributed by atoms with Crippen LogP contribution in [-0.2, 0) is 11.3 Å². The molecule has 0 atom stereocenters. The predicted octanol–water partition coefficient (Wildman–Crippen LogP) is 0.718. The molecule has 0 unspecified atom stereocenters. The molecule has 0 saturated carbocycles. The Hall–Kier alpha value is -1.50. The summed E-state index contributed by atoms with van der Waals surface area (Å²) >= 11 is 2.88. The first kappa shape index (κ1) is 10.6. The fraction of sp³-hybridized carbons (Fsp3) is 0.143. The maximum Gasteiger partial charge on any atom is 0.333 e. The third kappa shape index (κ3) is 2.05. The van der Waals surface area contributed by atoms with E-state index in [9.17, 15) is 19.7 Å². The summed E-state index contributed by atoms with van der Waals surface area (Å²) in [6, 6.07) is 0. The fourth-order valence-corrected chi connectivity index (χ4v) is 1.37. The highest BCUT2D eigenvalue weighted by atomic mass is 79.9. The van der Waals surface area contributed by atoms with E-state index in [0.717, 1.165) is 6.20 Å². The highest BCUT2D eigenvalue weighted by Gasteiger charge is 2.15. The van der Waals surface area contributed by atoms with Crippen LogP contribution in [0.25, 0.3) is 0 Å². The molecule has 1 aromatic heterocycles. The number of hydrogen-bond acceptors (Lipinski definition) is 4. The average Bonchev–Trinajstić information content (AvgIpc) is 2.11. The van der Waals surface area contributed by atoms with Crippen molar-refractivity contribution in [2.24, 2.45) is 0 Å². The van der Waals surface area contributed by atoms with E-state index in [1.165, 1.54) is 10.8 Å². The number of halogens is 1. The van der Waals surface area contributed by atoms with Crippen LogP contribution in [0.2, 0.25) is 0 Å². The van der Waals surface area contributed by atoms with Gasteiger partial charge in [-0.1, -0.05) is 0 Å². The van der Waals surface area contributed by atoms with E-state index in [2.05, 4.69) is 15.9 Å². The van der Waals surface area contributed by atoms with Crippen LogP contribution in [0.15, 0.2) is 21.7 Å². The smallest absolute Gasteiger partial charge is 0.333 e.